The van der Waals surface area contributed by atoms with E-state index in [-0.39, 0.29) is 6.61 Å². The third-order valence-corrected chi connectivity index (χ3v) is 4.78. The van der Waals surface area contributed by atoms with Crippen molar-refractivity contribution in [1.82, 2.24) is 5.43 Å². The number of esters is 1. The van der Waals surface area contributed by atoms with Gasteiger partial charge in [0.2, 0.25) is 0 Å². The minimum atomic E-state index is -0.528. The first-order valence-electron chi connectivity index (χ1n) is 9.62. The molecule has 0 heterocycles. The lowest BCUT2D eigenvalue weighted by molar-refractivity contribution is -0.123. The fourth-order valence-electron chi connectivity index (χ4n) is 2.59. The second-order valence-electron chi connectivity index (χ2n) is 6.70. The van der Waals surface area contributed by atoms with Gasteiger partial charge >= 0.3 is 5.97 Å². The number of nitrogens with one attached hydrogen (secondary N) is 1. The third-order valence-electron chi connectivity index (χ3n) is 4.28. The van der Waals surface area contributed by atoms with E-state index in [9.17, 15) is 9.59 Å². The largest absolute Gasteiger partial charge is 0.497 e. The van der Waals surface area contributed by atoms with Gasteiger partial charge in [-0.15, -0.1) is 0 Å². The lowest BCUT2D eigenvalue weighted by Crippen LogP contribution is -2.24. The molecule has 0 bridgehead atoms. The van der Waals surface area contributed by atoms with Crippen LogP contribution in [0.3, 0.4) is 0 Å². The first-order chi connectivity index (χ1) is 15.4. The summed E-state index contributed by atoms with van der Waals surface area (Å²) in [5, 5.41) is 3.94. The van der Waals surface area contributed by atoms with Crippen molar-refractivity contribution >= 4 is 34.0 Å². The van der Waals surface area contributed by atoms with Gasteiger partial charge in [-0.25, -0.2) is 10.2 Å². The van der Waals surface area contributed by atoms with Crippen LogP contribution in [0, 0.1) is 6.92 Å². The highest BCUT2D eigenvalue weighted by Crippen LogP contribution is 2.23. The molecule has 0 aliphatic heterocycles. The Morgan fingerprint density at radius 3 is 2.38 bits per heavy atom. The van der Waals surface area contributed by atoms with Crippen molar-refractivity contribution in [1.29, 1.82) is 0 Å². The SMILES string of the molecule is COc1ccc(C(=O)Oc2ccc(Br)cc2/C=N/NC(=O)COc2ccc(C)cc2)cc1. The minimum absolute atomic E-state index is 0.182. The van der Waals surface area contributed by atoms with Crippen molar-refractivity contribution in [3.05, 3.63) is 87.9 Å². The van der Waals surface area contributed by atoms with Crippen molar-refractivity contribution in [2.45, 2.75) is 6.92 Å². The van der Waals surface area contributed by atoms with E-state index in [1.807, 2.05) is 19.1 Å². The molecule has 8 heteroatoms. The number of carbonyl (C=O) groups excluding carboxylic acids is 2. The van der Waals surface area contributed by atoms with Gasteiger partial charge < -0.3 is 14.2 Å². The van der Waals surface area contributed by atoms with Crippen molar-refractivity contribution in [2.75, 3.05) is 13.7 Å². The van der Waals surface area contributed by atoms with E-state index in [1.54, 1.807) is 61.7 Å². The van der Waals surface area contributed by atoms with Crippen LogP contribution in [0.5, 0.6) is 17.2 Å². The molecule has 7 nitrogen and oxygen atoms in total. The zero-order chi connectivity index (χ0) is 22.9. The Morgan fingerprint density at radius 2 is 1.69 bits per heavy atom. The molecule has 1 N–H and O–H groups in total. The van der Waals surface area contributed by atoms with E-state index >= 15 is 0 Å². The number of hydrazone groups is 1. The minimum Gasteiger partial charge on any atom is -0.497 e. The van der Waals surface area contributed by atoms with Crippen LogP contribution in [0.15, 0.2) is 76.3 Å². The van der Waals surface area contributed by atoms with Gasteiger partial charge in [0.1, 0.15) is 17.2 Å². The van der Waals surface area contributed by atoms with Crippen LogP contribution in [0.2, 0.25) is 0 Å². The summed E-state index contributed by atoms with van der Waals surface area (Å²) in [6.07, 6.45) is 1.39. The third kappa shape index (κ3) is 6.68. The summed E-state index contributed by atoms with van der Waals surface area (Å²) < 4.78 is 16.8. The van der Waals surface area contributed by atoms with Gasteiger partial charge in [-0.3, -0.25) is 4.79 Å². The number of aryl methyl sites for hydroxylation is 1. The molecule has 0 unspecified atom stereocenters. The number of halogens is 1. The van der Waals surface area contributed by atoms with Gasteiger partial charge in [-0.05, 0) is 61.5 Å². The molecule has 0 saturated heterocycles. The van der Waals surface area contributed by atoms with Crippen molar-refractivity contribution < 1.29 is 23.8 Å². The maximum Gasteiger partial charge on any atom is 0.343 e. The van der Waals surface area contributed by atoms with E-state index in [0.29, 0.717) is 28.4 Å². The molecule has 0 spiro atoms. The summed E-state index contributed by atoms with van der Waals surface area (Å²) in [5.74, 6) is 0.575. The molecule has 32 heavy (non-hydrogen) atoms. The molecular weight excluding hydrogens is 476 g/mol. The molecule has 0 aromatic heterocycles. The van der Waals surface area contributed by atoms with Gasteiger partial charge in [0.05, 0.1) is 18.9 Å². The molecule has 164 valence electrons. The van der Waals surface area contributed by atoms with E-state index < -0.39 is 11.9 Å². The maximum absolute atomic E-state index is 12.5. The van der Waals surface area contributed by atoms with E-state index in [0.717, 1.165) is 10.0 Å². The van der Waals surface area contributed by atoms with Gasteiger partial charge in [0, 0.05) is 10.0 Å². The Labute approximate surface area is 194 Å². The summed E-state index contributed by atoms with van der Waals surface area (Å²) in [7, 11) is 1.55. The maximum atomic E-state index is 12.5. The molecule has 3 rings (SSSR count). The monoisotopic (exact) mass is 496 g/mol. The predicted octanol–water partition coefficient (Wildman–Crippen LogP) is 4.51. The number of ether oxygens (including phenoxy) is 3. The van der Waals surface area contributed by atoms with Crippen molar-refractivity contribution in [2.24, 2.45) is 5.10 Å². The second kappa shape index (κ2) is 11.1. The standard InChI is InChI=1S/C24H21BrN2O5/c1-16-3-8-21(9-4-16)31-15-23(28)27-26-14-18-13-19(25)7-12-22(18)32-24(29)17-5-10-20(30-2)11-6-17/h3-14H,15H2,1-2H3,(H,27,28)/b26-14+. The first kappa shape index (κ1) is 23.0. The van der Waals surface area contributed by atoms with Crippen molar-refractivity contribution in [3.63, 3.8) is 0 Å². The van der Waals surface area contributed by atoms with E-state index in [1.165, 1.54) is 6.21 Å². The average molecular weight is 497 g/mol. The number of nitrogens with zero attached hydrogens (tertiary/aromatic N) is 1. The van der Waals surface area contributed by atoms with Gasteiger partial charge in [0.25, 0.3) is 5.91 Å². The quantitative estimate of drug-likeness (QED) is 0.214. The van der Waals surface area contributed by atoms with E-state index in [4.69, 9.17) is 14.2 Å². The topological polar surface area (TPSA) is 86.2 Å². The molecule has 3 aromatic carbocycles. The highest BCUT2D eigenvalue weighted by molar-refractivity contribution is 9.10. The van der Waals surface area contributed by atoms with Crippen molar-refractivity contribution in [3.8, 4) is 17.2 Å². The van der Waals surface area contributed by atoms with Crippen LogP contribution in [-0.2, 0) is 4.79 Å². The van der Waals surface area contributed by atoms with Gasteiger partial charge in [-0.2, -0.15) is 5.10 Å². The Balaban J connectivity index is 1.61. The lowest BCUT2D eigenvalue weighted by Gasteiger charge is -2.09. The van der Waals surface area contributed by atoms with Crippen LogP contribution in [0.1, 0.15) is 21.5 Å². The fraction of sp³-hybridized carbons (Fsp3) is 0.125. The molecule has 0 aliphatic carbocycles. The molecule has 0 radical (unpaired) electrons. The summed E-state index contributed by atoms with van der Waals surface area (Å²) in [5.41, 5.74) is 4.37. The van der Waals surface area contributed by atoms with Crippen LogP contribution < -0.4 is 19.6 Å². The van der Waals surface area contributed by atoms with Crippen LogP contribution in [-0.4, -0.2) is 31.8 Å². The number of methoxy groups -OCH3 is 1. The second-order valence-corrected chi connectivity index (χ2v) is 7.61. The molecule has 0 saturated carbocycles. The summed E-state index contributed by atoms with van der Waals surface area (Å²) in [6.45, 7) is 1.79. The average Bonchev–Trinajstić information content (AvgIpc) is 2.80. The van der Waals surface area contributed by atoms with Crippen LogP contribution >= 0.6 is 15.9 Å². The lowest BCUT2D eigenvalue weighted by atomic mass is 10.2. The molecule has 3 aromatic rings. The predicted molar refractivity (Wildman–Crippen MR) is 125 cm³/mol. The van der Waals surface area contributed by atoms with E-state index in [2.05, 4.69) is 26.5 Å². The van der Waals surface area contributed by atoms with Crippen LogP contribution in [0.4, 0.5) is 0 Å². The number of carbonyl (C=O) groups is 2. The number of rotatable bonds is 8. The Morgan fingerprint density at radius 1 is 1.00 bits per heavy atom. The number of amides is 1. The van der Waals surface area contributed by atoms with Gasteiger partial charge in [0.15, 0.2) is 6.61 Å². The molecule has 0 fully saturated rings. The highest BCUT2D eigenvalue weighted by atomic mass is 79.9. The normalized spacial score (nSPS) is 10.6. The number of hydrogen-bond acceptors (Lipinski definition) is 6. The fourth-order valence-corrected chi connectivity index (χ4v) is 2.97. The molecule has 0 aliphatic rings. The van der Waals surface area contributed by atoms with Gasteiger partial charge in [-0.1, -0.05) is 33.6 Å². The zero-order valence-electron chi connectivity index (χ0n) is 17.5. The summed E-state index contributed by atoms with van der Waals surface area (Å²) >= 11 is 3.38. The highest BCUT2D eigenvalue weighted by Gasteiger charge is 2.12. The number of benzene rings is 3. The Bertz CT molecular complexity index is 1110. The molecular formula is C24H21BrN2O5. The summed E-state index contributed by atoms with van der Waals surface area (Å²) in [4.78, 5) is 24.5. The molecule has 1 amide bonds. The first-order valence-corrected chi connectivity index (χ1v) is 10.4. The molecule has 0 atom stereocenters. The zero-order valence-corrected chi connectivity index (χ0v) is 19.1. The number of hydrogen-bond donors (Lipinski definition) is 1. The smallest absolute Gasteiger partial charge is 0.343 e. The Hall–Kier alpha value is -3.65. The Kier molecular flexibility index (Phi) is 7.99. The summed E-state index contributed by atoms with van der Waals surface area (Å²) in [6, 6.07) is 19.0. The van der Waals surface area contributed by atoms with Crippen LogP contribution in [0.25, 0.3) is 0 Å².